The number of methoxy groups -OCH3 is 1. The number of aliphatic hydroxyl groups excluding tert-OH is 3. The van der Waals surface area contributed by atoms with Crippen molar-refractivity contribution in [1.29, 1.82) is 0 Å². The zero-order chi connectivity index (χ0) is 18.6. The van der Waals surface area contributed by atoms with Crippen LogP contribution in [0.15, 0.2) is 24.3 Å². The number of carboxylic acid groups (broad SMARTS) is 1. The molecule has 1 aromatic rings. The van der Waals surface area contributed by atoms with E-state index in [4.69, 9.17) is 19.3 Å². The molecule has 0 saturated carbocycles. The van der Waals surface area contributed by atoms with Crippen LogP contribution in [0.1, 0.15) is 12.0 Å². The van der Waals surface area contributed by atoms with Gasteiger partial charge in [-0.2, -0.15) is 0 Å². The Bertz CT molecular complexity index is 617. The van der Waals surface area contributed by atoms with E-state index < -0.39 is 42.6 Å². The van der Waals surface area contributed by atoms with Gasteiger partial charge in [0.2, 0.25) is 6.29 Å². The molecule has 1 aromatic carbocycles. The molecule has 1 fully saturated rings. The molecule has 0 amide bonds. The fraction of sp³-hybridized carbons (Fsp3) is 0.500. The Morgan fingerprint density at radius 1 is 1.16 bits per heavy atom. The van der Waals surface area contributed by atoms with Gasteiger partial charge in [-0.25, -0.2) is 4.79 Å². The summed E-state index contributed by atoms with van der Waals surface area (Å²) in [5, 5.41) is 38.0. The topological polar surface area (TPSA) is 143 Å². The maximum absolute atomic E-state index is 11.9. The normalized spacial score (nSPS) is 29.0. The van der Waals surface area contributed by atoms with Crippen LogP contribution < -0.4 is 4.74 Å². The average Bonchev–Trinajstić information content (AvgIpc) is 2.60. The number of carbonyl (C=O) groups is 2. The van der Waals surface area contributed by atoms with Gasteiger partial charge in [0.15, 0.2) is 6.10 Å². The van der Waals surface area contributed by atoms with Gasteiger partial charge in [-0.3, -0.25) is 4.79 Å². The summed E-state index contributed by atoms with van der Waals surface area (Å²) in [6, 6.07) is 7.07. The van der Waals surface area contributed by atoms with E-state index in [1.54, 1.807) is 24.3 Å². The Kier molecular flexibility index (Phi) is 6.32. The first-order chi connectivity index (χ1) is 11.8. The van der Waals surface area contributed by atoms with E-state index in [1.807, 2.05) is 0 Å². The minimum absolute atomic E-state index is 0.0594. The van der Waals surface area contributed by atoms with E-state index in [0.29, 0.717) is 12.2 Å². The molecule has 1 heterocycles. The van der Waals surface area contributed by atoms with E-state index in [9.17, 15) is 24.9 Å². The smallest absolute Gasteiger partial charge is 0.335 e. The Morgan fingerprint density at radius 2 is 1.88 bits per heavy atom. The van der Waals surface area contributed by atoms with Crippen LogP contribution in [0.5, 0.6) is 5.75 Å². The van der Waals surface area contributed by atoms with E-state index in [2.05, 4.69) is 0 Å². The molecule has 138 valence electrons. The van der Waals surface area contributed by atoms with E-state index in [0.717, 1.165) is 5.56 Å². The molecule has 0 aliphatic carbocycles. The summed E-state index contributed by atoms with van der Waals surface area (Å²) in [5.74, 6) is -1.66. The van der Waals surface area contributed by atoms with Gasteiger partial charge < -0.3 is 34.6 Å². The van der Waals surface area contributed by atoms with Crippen molar-refractivity contribution < 1.29 is 44.2 Å². The Labute approximate surface area is 143 Å². The Morgan fingerprint density at radius 3 is 2.52 bits per heavy atom. The summed E-state index contributed by atoms with van der Waals surface area (Å²) >= 11 is 0. The molecular weight excluding hydrogens is 336 g/mol. The number of benzene rings is 1. The molecule has 0 aromatic heterocycles. The van der Waals surface area contributed by atoms with Gasteiger partial charge >= 0.3 is 11.9 Å². The quantitative estimate of drug-likeness (QED) is 0.475. The first-order valence-electron chi connectivity index (χ1n) is 7.58. The molecule has 5 unspecified atom stereocenters. The molecule has 1 aliphatic rings. The van der Waals surface area contributed by atoms with Gasteiger partial charge in [0.05, 0.1) is 7.11 Å². The predicted octanol–water partition coefficient (Wildman–Crippen LogP) is -0.937. The summed E-state index contributed by atoms with van der Waals surface area (Å²) in [4.78, 5) is 22.9. The maximum Gasteiger partial charge on any atom is 0.335 e. The fourth-order valence-electron chi connectivity index (χ4n) is 2.41. The number of aliphatic hydroxyl groups is 3. The highest BCUT2D eigenvalue weighted by Crippen LogP contribution is 2.23. The van der Waals surface area contributed by atoms with E-state index in [1.165, 1.54) is 7.11 Å². The number of aryl methyl sites for hydroxylation is 1. The lowest BCUT2D eigenvalue weighted by Gasteiger charge is -2.37. The second-order valence-corrected chi connectivity index (χ2v) is 5.58. The number of rotatable bonds is 6. The number of carbonyl (C=O) groups excluding carboxylic acids is 1. The summed E-state index contributed by atoms with van der Waals surface area (Å²) < 4.78 is 14.9. The van der Waals surface area contributed by atoms with Gasteiger partial charge in [-0.05, 0) is 24.1 Å². The van der Waals surface area contributed by atoms with Crippen LogP contribution in [0.25, 0.3) is 0 Å². The summed E-state index contributed by atoms with van der Waals surface area (Å²) in [6.45, 7) is 0. The van der Waals surface area contributed by atoms with Crippen LogP contribution in [0.3, 0.4) is 0 Å². The first-order valence-corrected chi connectivity index (χ1v) is 7.58. The van der Waals surface area contributed by atoms with Gasteiger partial charge in [-0.1, -0.05) is 12.1 Å². The number of carboxylic acids is 1. The number of ether oxygens (including phenoxy) is 3. The van der Waals surface area contributed by atoms with Gasteiger partial charge in [0, 0.05) is 6.42 Å². The molecule has 2 rings (SSSR count). The van der Waals surface area contributed by atoms with Crippen LogP contribution in [-0.2, 0) is 25.5 Å². The third kappa shape index (κ3) is 4.67. The molecule has 0 radical (unpaired) electrons. The molecule has 0 spiro atoms. The highest BCUT2D eigenvalue weighted by atomic mass is 16.7. The monoisotopic (exact) mass is 356 g/mol. The molecular formula is C16H20O9. The third-order valence-corrected chi connectivity index (χ3v) is 3.81. The maximum atomic E-state index is 11.9. The van der Waals surface area contributed by atoms with Crippen LogP contribution in [0.2, 0.25) is 0 Å². The Hall–Kier alpha value is -2.20. The largest absolute Gasteiger partial charge is 0.497 e. The van der Waals surface area contributed by atoms with Crippen molar-refractivity contribution in [3.8, 4) is 5.75 Å². The van der Waals surface area contributed by atoms with Crippen LogP contribution >= 0.6 is 0 Å². The van der Waals surface area contributed by atoms with E-state index in [-0.39, 0.29) is 6.42 Å². The van der Waals surface area contributed by atoms with Gasteiger partial charge in [0.1, 0.15) is 24.1 Å². The van der Waals surface area contributed by atoms with Crippen molar-refractivity contribution in [2.24, 2.45) is 0 Å². The lowest BCUT2D eigenvalue weighted by atomic mass is 9.99. The molecule has 5 atom stereocenters. The SMILES string of the molecule is COc1cccc(CCC(=O)OC2OC(C(=O)O)C(O)C(O)C2O)c1. The fourth-order valence-corrected chi connectivity index (χ4v) is 2.41. The number of aliphatic carboxylic acids is 1. The van der Waals surface area contributed by atoms with Crippen LogP contribution in [0, 0.1) is 0 Å². The standard InChI is InChI=1S/C16H20O9/c1-23-9-4-2-3-8(7-9)5-6-10(17)24-16-13(20)11(18)12(19)14(25-16)15(21)22/h2-4,7,11-14,16,18-20H,5-6H2,1H3,(H,21,22). The molecule has 1 saturated heterocycles. The average molecular weight is 356 g/mol. The van der Waals surface area contributed by atoms with Crippen LogP contribution in [-0.4, -0.2) is 70.2 Å². The molecule has 1 aliphatic heterocycles. The zero-order valence-electron chi connectivity index (χ0n) is 13.4. The predicted molar refractivity (Wildman–Crippen MR) is 81.7 cm³/mol. The summed E-state index contributed by atoms with van der Waals surface area (Å²) in [7, 11) is 1.52. The minimum atomic E-state index is -1.83. The molecule has 9 nitrogen and oxygen atoms in total. The number of hydrogen-bond donors (Lipinski definition) is 4. The third-order valence-electron chi connectivity index (χ3n) is 3.81. The Balaban J connectivity index is 1.93. The highest BCUT2D eigenvalue weighted by molar-refractivity contribution is 5.73. The first kappa shape index (κ1) is 19.1. The van der Waals surface area contributed by atoms with Crippen molar-refractivity contribution in [3.05, 3.63) is 29.8 Å². The van der Waals surface area contributed by atoms with E-state index >= 15 is 0 Å². The zero-order valence-corrected chi connectivity index (χ0v) is 13.4. The molecule has 9 heteroatoms. The number of hydrogen-bond acceptors (Lipinski definition) is 8. The van der Waals surface area contributed by atoms with Crippen molar-refractivity contribution in [1.82, 2.24) is 0 Å². The summed E-state index contributed by atoms with van der Waals surface area (Å²) in [5.41, 5.74) is 0.820. The molecule has 4 N–H and O–H groups in total. The highest BCUT2D eigenvalue weighted by Gasteiger charge is 2.48. The van der Waals surface area contributed by atoms with Crippen molar-refractivity contribution in [2.45, 2.75) is 43.5 Å². The number of esters is 1. The molecule has 25 heavy (non-hydrogen) atoms. The van der Waals surface area contributed by atoms with Crippen molar-refractivity contribution >= 4 is 11.9 Å². The van der Waals surface area contributed by atoms with Crippen molar-refractivity contribution in [3.63, 3.8) is 0 Å². The lowest BCUT2D eigenvalue weighted by Crippen LogP contribution is -2.60. The van der Waals surface area contributed by atoms with Gasteiger partial charge in [-0.15, -0.1) is 0 Å². The second kappa shape index (κ2) is 8.26. The van der Waals surface area contributed by atoms with Crippen molar-refractivity contribution in [2.75, 3.05) is 7.11 Å². The lowest BCUT2D eigenvalue weighted by molar-refractivity contribution is -0.286. The summed E-state index contributed by atoms with van der Waals surface area (Å²) in [6.07, 6.45) is -8.63. The van der Waals surface area contributed by atoms with Gasteiger partial charge in [0.25, 0.3) is 0 Å². The molecule has 0 bridgehead atoms. The minimum Gasteiger partial charge on any atom is -0.497 e. The second-order valence-electron chi connectivity index (χ2n) is 5.58. The van der Waals surface area contributed by atoms with Crippen LogP contribution in [0.4, 0.5) is 0 Å².